The molecule has 5 nitrogen and oxygen atoms in total. The predicted octanol–water partition coefficient (Wildman–Crippen LogP) is 2.70. The van der Waals surface area contributed by atoms with Crippen LogP contribution in [-0.2, 0) is 4.74 Å². The fourth-order valence-electron chi connectivity index (χ4n) is 1.58. The molecule has 0 unspecified atom stereocenters. The lowest BCUT2D eigenvalue weighted by molar-refractivity contribution is 0.0522. The van der Waals surface area contributed by atoms with E-state index >= 15 is 0 Å². The first-order valence-electron chi connectivity index (χ1n) is 6.14. The van der Waals surface area contributed by atoms with Crippen molar-refractivity contribution in [2.24, 2.45) is 0 Å². The minimum absolute atomic E-state index is 0.318. The van der Waals surface area contributed by atoms with E-state index in [4.69, 9.17) is 10.5 Å². The lowest BCUT2D eigenvalue weighted by atomic mass is 10.2. The van der Waals surface area contributed by atoms with Gasteiger partial charge in [-0.2, -0.15) is 0 Å². The molecule has 2 rings (SSSR count). The average Bonchev–Trinajstić information content (AvgIpc) is 2.41. The van der Waals surface area contributed by atoms with Gasteiger partial charge in [0.2, 0.25) is 0 Å². The standard InChI is InChI=1S/C14H15N3O2S/c1-3-19-13(18)11-8-10(15)4-5-12(11)20-14-16-7-6-9(2)17-14/h4-8H,3,15H2,1-2H3. The molecule has 0 radical (unpaired) electrons. The zero-order valence-electron chi connectivity index (χ0n) is 11.3. The summed E-state index contributed by atoms with van der Waals surface area (Å²) in [5.74, 6) is -0.394. The van der Waals surface area contributed by atoms with Crippen molar-refractivity contribution in [1.82, 2.24) is 9.97 Å². The molecule has 6 heteroatoms. The van der Waals surface area contributed by atoms with Gasteiger partial charge in [-0.15, -0.1) is 0 Å². The second-order valence-electron chi connectivity index (χ2n) is 4.06. The van der Waals surface area contributed by atoms with E-state index in [0.717, 1.165) is 10.6 Å². The number of ether oxygens (including phenoxy) is 1. The summed E-state index contributed by atoms with van der Waals surface area (Å²) in [6.45, 7) is 3.97. The maximum Gasteiger partial charge on any atom is 0.339 e. The second-order valence-corrected chi connectivity index (χ2v) is 5.07. The van der Waals surface area contributed by atoms with E-state index in [9.17, 15) is 4.79 Å². The third-order valence-corrected chi connectivity index (χ3v) is 3.43. The number of hydrogen-bond acceptors (Lipinski definition) is 6. The molecule has 0 amide bonds. The molecule has 0 aliphatic heterocycles. The maximum absolute atomic E-state index is 11.9. The van der Waals surface area contributed by atoms with Crippen LogP contribution in [0.5, 0.6) is 0 Å². The summed E-state index contributed by atoms with van der Waals surface area (Å²) in [6.07, 6.45) is 1.69. The highest BCUT2D eigenvalue weighted by molar-refractivity contribution is 7.99. The predicted molar refractivity (Wildman–Crippen MR) is 77.7 cm³/mol. The van der Waals surface area contributed by atoms with Crippen LogP contribution in [-0.4, -0.2) is 22.5 Å². The first kappa shape index (κ1) is 14.3. The molecular formula is C14H15N3O2S. The summed E-state index contributed by atoms with van der Waals surface area (Å²) >= 11 is 1.31. The number of anilines is 1. The van der Waals surface area contributed by atoms with Crippen molar-refractivity contribution in [3.8, 4) is 0 Å². The molecule has 0 spiro atoms. The zero-order chi connectivity index (χ0) is 14.5. The Balaban J connectivity index is 2.33. The van der Waals surface area contributed by atoms with Gasteiger partial charge >= 0.3 is 5.97 Å². The fourth-order valence-corrected chi connectivity index (χ4v) is 2.47. The van der Waals surface area contributed by atoms with E-state index in [-0.39, 0.29) is 0 Å². The summed E-state index contributed by atoms with van der Waals surface area (Å²) in [7, 11) is 0. The maximum atomic E-state index is 11.9. The monoisotopic (exact) mass is 289 g/mol. The van der Waals surface area contributed by atoms with Crippen LogP contribution in [0.3, 0.4) is 0 Å². The van der Waals surface area contributed by atoms with Gasteiger partial charge in [0.25, 0.3) is 0 Å². The normalized spacial score (nSPS) is 10.3. The summed E-state index contributed by atoms with van der Waals surface area (Å²) in [6, 6.07) is 6.94. The highest BCUT2D eigenvalue weighted by Crippen LogP contribution is 2.29. The minimum atomic E-state index is -0.394. The van der Waals surface area contributed by atoms with Crippen LogP contribution >= 0.6 is 11.8 Å². The molecule has 0 atom stereocenters. The van der Waals surface area contributed by atoms with Gasteiger partial charge in [0.05, 0.1) is 12.2 Å². The van der Waals surface area contributed by atoms with Gasteiger partial charge < -0.3 is 10.5 Å². The van der Waals surface area contributed by atoms with Gasteiger partial charge in [-0.3, -0.25) is 0 Å². The number of aryl methyl sites for hydroxylation is 1. The van der Waals surface area contributed by atoms with Gasteiger partial charge in [0.1, 0.15) is 0 Å². The van der Waals surface area contributed by atoms with Crippen LogP contribution in [0.15, 0.2) is 40.5 Å². The topological polar surface area (TPSA) is 78.1 Å². The molecular weight excluding hydrogens is 274 g/mol. The van der Waals surface area contributed by atoms with Gasteiger partial charge in [0, 0.05) is 22.5 Å². The second kappa shape index (κ2) is 6.38. The molecule has 1 heterocycles. The van der Waals surface area contributed by atoms with Crippen molar-refractivity contribution in [2.75, 3.05) is 12.3 Å². The van der Waals surface area contributed by atoms with Gasteiger partial charge in [-0.25, -0.2) is 14.8 Å². The van der Waals surface area contributed by atoms with Crippen LogP contribution in [0.2, 0.25) is 0 Å². The average molecular weight is 289 g/mol. The number of carbonyl (C=O) groups excluding carboxylic acids is 1. The third-order valence-electron chi connectivity index (χ3n) is 2.47. The number of nitrogen functional groups attached to an aromatic ring is 1. The number of benzene rings is 1. The van der Waals surface area contributed by atoms with Gasteiger partial charge in [-0.05, 0) is 49.9 Å². The summed E-state index contributed by atoms with van der Waals surface area (Å²) < 4.78 is 5.04. The molecule has 0 saturated heterocycles. The van der Waals surface area contributed by atoms with E-state index in [2.05, 4.69) is 9.97 Å². The number of carbonyl (C=O) groups is 1. The fraction of sp³-hybridized carbons (Fsp3) is 0.214. The number of aromatic nitrogens is 2. The third kappa shape index (κ3) is 3.48. The van der Waals surface area contributed by atoms with Crippen molar-refractivity contribution < 1.29 is 9.53 Å². The largest absolute Gasteiger partial charge is 0.462 e. The Bertz CT molecular complexity index is 632. The van der Waals surface area contributed by atoms with Crippen LogP contribution in [0.4, 0.5) is 5.69 Å². The molecule has 1 aromatic heterocycles. The minimum Gasteiger partial charge on any atom is -0.462 e. The SMILES string of the molecule is CCOC(=O)c1cc(N)ccc1Sc1nccc(C)n1. The smallest absolute Gasteiger partial charge is 0.339 e. The van der Waals surface area contributed by atoms with E-state index in [1.54, 1.807) is 31.3 Å². The first-order chi connectivity index (χ1) is 9.60. The number of esters is 1. The Morgan fingerprint density at radius 1 is 1.40 bits per heavy atom. The molecule has 1 aromatic carbocycles. The van der Waals surface area contributed by atoms with Gasteiger partial charge in [-0.1, -0.05) is 0 Å². The van der Waals surface area contributed by atoms with Crippen LogP contribution in [0.25, 0.3) is 0 Å². The molecule has 0 saturated carbocycles. The number of hydrogen-bond donors (Lipinski definition) is 1. The number of rotatable bonds is 4. The molecule has 0 aliphatic carbocycles. The van der Waals surface area contributed by atoms with Crippen LogP contribution in [0.1, 0.15) is 23.0 Å². The Morgan fingerprint density at radius 2 is 2.20 bits per heavy atom. The summed E-state index contributed by atoms with van der Waals surface area (Å²) in [5.41, 5.74) is 7.55. The lowest BCUT2D eigenvalue weighted by Gasteiger charge is -2.08. The van der Waals surface area contributed by atoms with Crippen molar-refractivity contribution in [3.63, 3.8) is 0 Å². The molecule has 104 valence electrons. The highest BCUT2D eigenvalue weighted by atomic mass is 32.2. The van der Waals surface area contributed by atoms with E-state index in [1.807, 2.05) is 13.0 Å². The molecule has 2 aromatic rings. The number of nitrogens with two attached hydrogens (primary N) is 1. The van der Waals surface area contributed by atoms with E-state index < -0.39 is 5.97 Å². The highest BCUT2D eigenvalue weighted by Gasteiger charge is 2.15. The van der Waals surface area contributed by atoms with Crippen LogP contribution < -0.4 is 5.73 Å². The van der Waals surface area contributed by atoms with E-state index in [0.29, 0.717) is 23.0 Å². The van der Waals surface area contributed by atoms with Gasteiger partial charge in [0.15, 0.2) is 5.16 Å². The quantitative estimate of drug-likeness (QED) is 0.529. The molecule has 2 N–H and O–H groups in total. The summed E-state index contributed by atoms with van der Waals surface area (Å²) in [4.78, 5) is 21.1. The van der Waals surface area contributed by atoms with Crippen molar-refractivity contribution >= 4 is 23.4 Å². The van der Waals surface area contributed by atoms with Crippen molar-refractivity contribution in [1.29, 1.82) is 0 Å². The molecule has 0 aliphatic rings. The zero-order valence-corrected chi connectivity index (χ0v) is 12.1. The Morgan fingerprint density at radius 3 is 2.90 bits per heavy atom. The Hall–Kier alpha value is -2.08. The molecule has 20 heavy (non-hydrogen) atoms. The Labute approximate surface area is 121 Å². The lowest BCUT2D eigenvalue weighted by Crippen LogP contribution is -2.07. The van der Waals surface area contributed by atoms with Crippen molar-refractivity contribution in [2.45, 2.75) is 23.9 Å². The molecule has 0 bridgehead atoms. The Kier molecular flexibility index (Phi) is 4.57. The number of nitrogens with zero attached hydrogens (tertiary/aromatic N) is 2. The van der Waals surface area contributed by atoms with Crippen molar-refractivity contribution in [3.05, 3.63) is 41.7 Å². The van der Waals surface area contributed by atoms with Crippen LogP contribution in [0, 0.1) is 6.92 Å². The molecule has 0 fully saturated rings. The van der Waals surface area contributed by atoms with E-state index in [1.165, 1.54) is 11.8 Å². The first-order valence-corrected chi connectivity index (χ1v) is 6.96. The summed E-state index contributed by atoms with van der Waals surface area (Å²) in [5, 5.41) is 0.584.